The molecular formula is C17H25FN2O2S. The summed E-state index contributed by atoms with van der Waals surface area (Å²) in [5, 5.41) is 0. The first-order chi connectivity index (χ1) is 10.9. The zero-order valence-corrected chi connectivity index (χ0v) is 14.6. The SMILES string of the molecule is CCN(C1CCN(C/C=C/c2ccc(F)cc2)CC1)S(C)(=O)=O. The molecule has 1 heterocycles. The Balaban J connectivity index is 1.82. The highest BCUT2D eigenvalue weighted by Crippen LogP contribution is 2.19. The molecule has 0 aromatic heterocycles. The lowest BCUT2D eigenvalue weighted by atomic mass is 10.1. The third kappa shape index (κ3) is 5.41. The Labute approximate surface area is 138 Å². The summed E-state index contributed by atoms with van der Waals surface area (Å²) in [6.45, 7) is 5.04. The third-order valence-electron chi connectivity index (χ3n) is 4.25. The number of benzene rings is 1. The Morgan fingerprint density at radius 3 is 2.39 bits per heavy atom. The predicted octanol–water partition coefficient (Wildman–Crippen LogP) is 2.58. The zero-order chi connectivity index (χ0) is 16.9. The van der Waals surface area contributed by atoms with E-state index >= 15 is 0 Å². The van der Waals surface area contributed by atoms with E-state index in [0.717, 1.165) is 38.0 Å². The second kappa shape index (κ2) is 8.04. The zero-order valence-electron chi connectivity index (χ0n) is 13.8. The van der Waals surface area contributed by atoms with Crippen molar-refractivity contribution in [1.29, 1.82) is 0 Å². The van der Waals surface area contributed by atoms with Crippen molar-refractivity contribution in [2.45, 2.75) is 25.8 Å². The monoisotopic (exact) mass is 340 g/mol. The van der Waals surface area contributed by atoms with Crippen LogP contribution in [0.3, 0.4) is 0 Å². The molecule has 1 aliphatic rings. The van der Waals surface area contributed by atoms with Gasteiger partial charge in [-0.1, -0.05) is 31.2 Å². The highest BCUT2D eigenvalue weighted by molar-refractivity contribution is 7.88. The predicted molar refractivity (Wildman–Crippen MR) is 92.1 cm³/mol. The van der Waals surface area contributed by atoms with Gasteiger partial charge in [-0.3, -0.25) is 4.90 Å². The number of sulfonamides is 1. The number of nitrogens with zero attached hydrogens (tertiary/aromatic N) is 2. The van der Waals surface area contributed by atoms with E-state index in [0.29, 0.717) is 6.54 Å². The molecule has 128 valence electrons. The molecule has 0 amide bonds. The molecule has 1 aliphatic heterocycles. The number of rotatable bonds is 6. The molecule has 1 saturated heterocycles. The van der Waals surface area contributed by atoms with E-state index in [1.54, 1.807) is 16.4 Å². The molecule has 0 unspecified atom stereocenters. The molecule has 1 aromatic rings. The Kier molecular flexibility index (Phi) is 6.33. The van der Waals surface area contributed by atoms with Crippen LogP contribution < -0.4 is 0 Å². The average molecular weight is 340 g/mol. The van der Waals surface area contributed by atoms with Crippen LogP contribution in [0.15, 0.2) is 30.3 Å². The number of piperidine rings is 1. The van der Waals surface area contributed by atoms with E-state index in [-0.39, 0.29) is 11.9 Å². The minimum atomic E-state index is -3.12. The van der Waals surface area contributed by atoms with Crippen molar-refractivity contribution in [2.75, 3.05) is 32.4 Å². The van der Waals surface area contributed by atoms with Gasteiger partial charge >= 0.3 is 0 Å². The maximum absolute atomic E-state index is 12.8. The minimum absolute atomic E-state index is 0.118. The maximum Gasteiger partial charge on any atom is 0.211 e. The lowest BCUT2D eigenvalue weighted by Gasteiger charge is -2.36. The summed E-state index contributed by atoms with van der Waals surface area (Å²) in [4.78, 5) is 2.31. The number of likely N-dealkylation sites (tertiary alicyclic amines) is 1. The van der Waals surface area contributed by atoms with Crippen LogP contribution in [0, 0.1) is 5.82 Å². The van der Waals surface area contributed by atoms with Gasteiger partial charge in [0.1, 0.15) is 5.82 Å². The summed E-state index contributed by atoms with van der Waals surface area (Å²) in [6.07, 6.45) is 7.08. The van der Waals surface area contributed by atoms with E-state index < -0.39 is 10.0 Å². The van der Waals surface area contributed by atoms with Crippen LogP contribution in [-0.2, 0) is 10.0 Å². The molecule has 6 heteroatoms. The maximum atomic E-state index is 12.8. The highest BCUT2D eigenvalue weighted by Gasteiger charge is 2.28. The molecule has 0 N–H and O–H groups in total. The van der Waals surface area contributed by atoms with Crippen LogP contribution in [0.1, 0.15) is 25.3 Å². The van der Waals surface area contributed by atoms with Crippen LogP contribution in [0.5, 0.6) is 0 Å². The molecule has 0 saturated carbocycles. The van der Waals surface area contributed by atoms with Gasteiger partial charge in [-0.05, 0) is 43.6 Å². The van der Waals surface area contributed by atoms with Crippen molar-refractivity contribution in [3.8, 4) is 0 Å². The second-order valence-corrected chi connectivity index (χ2v) is 7.89. The molecule has 1 fully saturated rings. The van der Waals surface area contributed by atoms with Crippen molar-refractivity contribution >= 4 is 16.1 Å². The van der Waals surface area contributed by atoms with Crippen LogP contribution in [0.2, 0.25) is 0 Å². The molecule has 0 radical (unpaired) electrons. The smallest absolute Gasteiger partial charge is 0.211 e. The Morgan fingerprint density at radius 1 is 1.26 bits per heavy atom. The highest BCUT2D eigenvalue weighted by atomic mass is 32.2. The topological polar surface area (TPSA) is 40.6 Å². The molecule has 4 nitrogen and oxygen atoms in total. The fourth-order valence-electron chi connectivity index (χ4n) is 3.07. The molecule has 0 atom stereocenters. The largest absolute Gasteiger partial charge is 0.300 e. The Bertz CT molecular complexity index is 620. The first-order valence-electron chi connectivity index (χ1n) is 8.01. The summed E-state index contributed by atoms with van der Waals surface area (Å²) in [6, 6.07) is 6.53. The van der Waals surface area contributed by atoms with Gasteiger partial charge in [0.05, 0.1) is 6.26 Å². The lowest BCUT2D eigenvalue weighted by molar-refractivity contribution is 0.174. The summed E-state index contributed by atoms with van der Waals surface area (Å²) < 4.78 is 38.0. The normalized spacial score (nSPS) is 18.1. The van der Waals surface area contributed by atoms with E-state index in [1.807, 2.05) is 13.0 Å². The van der Waals surface area contributed by atoms with Crippen LogP contribution in [-0.4, -0.2) is 56.1 Å². The van der Waals surface area contributed by atoms with Crippen molar-refractivity contribution in [2.24, 2.45) is 0 Å². The van der Waals surface area contributed by atoms with Gasteiger partial charge in [0.25, 0.3) is 0 Å². The van der Waals surface area contributed by atoms with Gasteiger partial charge in [-0.2, -0.15) is 4.31 Å². The van der Waals surface area contributed by atoms with Crippen LogP contribution in [0.4, 0.5) is 4.39 Å². The van der Waals surface area contributed by atoms with Gasteiger partial charge in [-0.25, -0.2) is 12.8 Å². The number of hydrogen-bond donors (Lipinski definition) is 0. The average Bonchev–Trinajstić information content (AvgIpc) is 2.50. The summed E-state index contributed by atoms with van der Waals surface area (Å²) >= 11 is 0. The summed E-state index contributed by atoms with van der Waals surface area (Å²) in [7, 11) is -3.12. The first kappa shape index (κ1) is 18.1. The lowest BCUT2D eigenvalue weighted by Crippen LogP contribution is -2.46. The molecule has 1 aromatic carbocycles. The molecule has 0 bridgehead atoms. The Morgan fingerprint density at radius 2 is 1.87 bits per heavy atom. The Hall–Kier alpha value is -1.24. The minimum Gasteiger partial charge on any atom is -0.300 e. The molecule has 2 rings (SSSR count). The fourth-order valence-corrected chi connectivity index (χ4v) is 4.29. The third-order valence-corrected chi connectivity index (χ3v) is 5.65. The summed E-state index contributed by atoms with van der Waals surface area (Å²) in [5.74, 6) is -0.226. The van der Waals surface area contributed by atoms with Crippen molar-refractivity contribution in [1.82, 2.24) is 9.21 Å². The molecule has 23 heavy (non-hydrogen) atoms. The van der Waals surface area contributed by atoms with Gasteiger partial charge in [0, 0.05) is 19.1 Å². The quantitative estimate of drug-likeness (QED) is 0.799. The van der Waals surface area contributed by atoms with Gasteiger partial charge < -0.3 is 0 Å². The second-order valence-electron chi connectivity index (χ2n) is 5.95. The van der Waals surface area contributed by atoms with Crippen molar-refractivity contribution in [3.63, 3.8) is 0 Å². The van der Waals surface area contributed by atoms with Crippen molar-refractivity contribution in [3.05, 3.63) is 41.7 Å². The van der Waals surface area contributed by atoms with E-state index in [4.69, 9.17) is 0 Å². The van der Waals surface area contributed by atoms with E-state index in [1.165, 1.54) is 18.4 Å². The first-order valence-corrected chi connectivity index (χ1v) is 9.86. The van der Waals surface area contributed by atoms with Crippen LogP contribution >= 0.6 is 0 Å². The van der Waals surface area contributed by atoms with Gasteiger partial charge in [0.15, 0.2) is 0 Å². The number of halogens is 1. The standard InChI is InChI=1S/C17H25FN2O2S/c1-3-20(23(2,21)22)17-10-13-19(14-11-17)12-4-5-15-6-8-16(18)9-7-15/h4-9,17H,3,10-14H2,1-2H3/b5-4+. The van der Waals surface area contributed by atoms with E-state index in [9.17, 15) is 12.8 Å². The summed E-state index contributed by atoms with van der Waals surface area (Å²) in [5.41, 5.74) is 0.982. The molecule has 0 spiro atoms. The fraction of sp³-hybridized carbons (Fsp3) is 0.529. The molecule has 0 aliphatic carbocycles. The molecular weight excluding hydrogens is 315 g/mol. The van der Waals surface area contributed by atoms with Gasteiger partial charge in [-0.15, -0.1) is 0 Å². The van der Waals surface area contributed by atoms with Crippen molar-refractivity contribution < 1.29 is 12.8 Å². The number of hydrogen-bond acceptors (Lipinski definition) is 3. The van der Waals surface area contributed by atoms with Crippen LogP contribution in [0.25, 0.3) is 6.08 Å². The van der Waals surface area contributed by atoms with Gasteiger partial charge in [0.2, 0.25) is 10.0 Å². The van der Waals surface area contributed by atoms with E-state index in [2.05, 4.69) is 11.0 Å².